The van der Waals surface area contributed by atoms with Crippen LogP contribution < -0.4 is 11.1 Å². The van der Waals surface area contributed by atoms with Gasteiger partial charge in [-0.15, -0.1) is 0 Å². The normalized spacial score (nSPS) is 24.2. The van der Waals surface area contributed by atoms with Gasteiger partial charge in [-0.2, -0.15) is 0 Å². The topological polar surface area (TPSA) is 99.4 Å². The number of nitrogens with one attached hydrogen (secondary N) is 1. The number of nitrogens with zero attached hydrogens (tertiary/aromatic N) is 2. The summed E-state index contributed by atoms with van der Waals surface area (Å²) in [5.74, 6) is -3.91. The average molecular weight is 573 g/mol. The molecular formula is C30H32F4N4O3. The molecule has 1 aliphatic heterocycles. The Morgan fingerprint density at radius 1 is 1.10 bits per heavy atom. The van der Waals surface area contributed by atoms with E-state index in [1.54, 1.807) is 19.4 Å². The maximum absolute atomic E-state index is 15.3. The van der Waals surface area contributed by atoms with E-state index >= 15 is 13.2 Å². The second-order valence-corrected chi connectivity index (χ2v) is 10.8. The second kappa shape index (κ2) is 11.8. The number of anilines is 1. The van der Waals surface area contributed by atoms with Gasteiger partial charge < -0.3 is 20.5 Å². The summed E-state index contributed by atoms with van der Waals surface area (Å²) in [4.78, 5) is 21.3. The number of nitrogens with two attached hydrogens (primary N) is 1. The minimum absolute atomic E-state index is 0.0256. The van der Waals surface area contributed by atoms with Crippen LogP contribution in [-0.4, -0.2) is 48.3 Å². The van der Waals surface area contributed by atoms with Crippen molar-refractivity contribution in [1.82, 2.24) is 9.97 Å². The van der Waals surface area contributed by atoms with Crippen LogP contribution in [-0.2, 0) is 15.1 Å². The molecule has 0 spiro atoms. The molecule has 1 aromatic carbocycles. The Labute approximate surface area is 235 Å². The van der Waals surface area contributed by atoms with E-state index in [4.69, 9.17) is 15.2 Å². The van der Waals surface area contributed by atoms with Crippen LogP contribution >= 0.6 is 0 Å². The van der Waals surface area contributed by atoms with Gasteiger partial charge in [0.2, 0.25) is 0 Å². The highest BCUT2D eigenvalue weighted by Gasteiger charge is 2.37. The van der Waals surface area contributed by atoms with Crippen LogP contribution in [0.25, 0.3) is 11.3 Å². The van der Waals surface area contributed by atoms with Gasteiger partial charge in [-0.25, -0.2) is 22.5 Å². The maximum Gasteiger partial charge on any atom is 0.274 e. The third kappa shape index (κ3) is 5.84. The maximum atomic E-state index is 15.3. The molecule has 3 aromatic rings. The van der Waals surface area contributed by atoms with Gasteiger partial charge in [0, 0.05) is 45.4 Å². The van der Waals surface area contributed by atoms with Gasteiger partial charge >= 0.3 is 0 Å². The summed E-state index contributed by atoms with van der Waals surface area (Å²) in [6.07, 6.45) is 4.35. The number of alkyl halides is 1. The summed E-state index contributed by atoms with van der Waals surface area (Å²) < 4.78 is 71.2. The van der Waals surface area contributed by atoms with E-state index in [1.165, 1.54) is 6.20 Å². The largest absolute Gasteiger partial charge is 0.381 e. The standard InChI is InChI=1S/C30H32F4N4O3/c1-16-11-17(12-23(35)28(16)40-2)19-5-8-36-15-25(19)38-29(39)24-4-3-20(31)27(37-24)26-21(32)13-18(14-22(26)33)30(34)6-9-41-10-7-30/h3-5,8,13-17,23,28H,6-7,9-12,35H2,1-2H3,(H,38,39)/t16-,17+,23+,28+/m0/s1. The first kappa shape index (κ1) is 29.1. The zero-order valence-corrected chi connectivity index (χ0v) is 22.8. The molecule has 41 heavy (non-hydrogen) atoms. The number of hydrogen-bond donors (Lipinski definition) is 2. The molecule has 1 aliphatic carbocycles. The number of methoxy groups -OCH3 is 1. The van der Waals surface area contributed by atoms with Crippen molar-refractivity contribution in [3.8, 4) is 11.3 Å². The molecule has 0 unspecified atom stereocenters. The van der Waals surface area contributed by atoms with Crippen molar-refractivity contribution in [3.05, 3.63) is 77.0 Å². The number of amides is 1. The van der Waals surface area contributed by atoms with Crippen molar-refractivity contribution in [2.75, 3.05) is 25.6 Å². The van der Waals surface area contributed by atoms with E-state index in [-0.39, 0.29) is 61.3 Å². The predicted molar refractivity (Wildman–Crippen MR) is 144 cm³/mol. The van der Waals surface area contributed by atoms with Gasteiger partial charge in [0.05, 0.1) is 23.6 Å². The lowest BCUT2D eigenvalue weighted by atomic mass is 9.74. The summed E-state index contributed by atoms with van der Waals surface area (Å²) in [5, 5.41) is 2.76. The SMILES string of the molecule is CO[C@H]1[C@H](N)C[C@H](c2ccncc2NC(=O)c2ccc(F)c(-c3c(F)cc(C4(F)CCOCC4)cc3F)n2)C[C@@H]1C. The molecule has 3 heterocycles. The molecule has 1 saturated carbocycles. The lowest BCUT2D eigenvalue weighted by Crippen LogP contribution is -2.45. The van der Waals surface area contributed by atoms with Crippen molar-refractivity contribution in [3.63, 3.8) is 0 Å². The zero-order chi connectivity index (χ0) is 29.3. The van der Waals surface area contributed by atoms with Crippen LogP contribution in [0.1, 0.15) is 60.1 Å². The van der Waals surface area contributed by atoms with E-state index in [9.17, 15) is 9.18 Å². The van der Waals surface area contributed by atoms with Gasteiger partial charge in [0.1, 0.15) is 34.5 Å². The average Bonchev–Trinajstić information content (AvgIpc) is 2.94. The zero-order valence-electron chi connectivity index (χ0n) is 22.8. The summed E-state index contributed by atoms with van der Waals surface area (Å²) in [6, 6.07) is 5.35. The number of ether oxygens (including phenoxy) is 2. The Bertz CT molecular complexity index is 1400. The first-order chi connectivity index (χ1) is 19.6. The highest BCUT2D eigenvalue weighted by atomic mass is 19.1. The van der Waals surface area contributed by atoms with Crippen molar-refractivity contribution in [1.29, 1.82) is 0 Å². The highest BCUT2D eigenvalue weighted by molar-refractivity contribution is 6.03. The molecule has 0 bridgehead atoms. The molecule has 1 saturated heterocycles. The van der Waals surface area contributed by atoms with Crippen molar-refractivity contribution in [2.24, 2.45) is 11.7 Å². The van der Waals surface area contributed by atoms with Crippen LogP contribution in [0.3, 0.4) is 0 Å². The van der Waals surface area contributed by atoms with E-state index in [1.807, 2.05) is 0 Å². The molecule has 2 aromatic heterocycles. The molecule has 1 amide bonds. The quantitative estimate of drug-likeness (QED) is 0.371. The van der Waals surface area contributed by atoms with Crippen molar-refractivity contribution >= 4 is 11.6 Å². The molecule has 2 aliphatic rings. The number of carbonyl (C=O) groups is 1. The third-order valence-corrected chi connectivity index (χ3v) is 8.17. The first-order valence-corrected chi connectivity index (χ1v) is 13.6. The van der Waals surface area contributed by atoms with Gasteiger partial charge in [-0.05, 0) is 66.1 Å². The number of carbonyl (C=O) groups excluding carboxylic acids is 1. The van der Waals surface area contributed by atoms with Crippen molar-refractivity contribution < 1.29 is 31.8 Å². The van der Waals surface area contributed by atoms with E-state index in [0.29, 0.717) is 12.1 Å². The highest BCUT2D eigenvalue weighted by Crippen LogP contribution is 2.41. The minimum atomic E-state index is -1.96. The number of aromatic nitrogens is 2. The summed E-state index contributed by atoms with van der Waals surface area (Å²) in [7, 11) is 1.64. The number of pyridine rings is 2. The summed E-state index contributed by atoms with van der Waals surface area (Å²) in [5.41, 5.74) is 3.73. The monoisotopic (exact) mass is 572 g/mol. The van der Waals surface area contributed by atoms with Crippen LogP contribution in [0.5, 0.6) is 0 Å². The van der Waals surface area contributed by atoms with Crippen molar-refractivity contribution in [2.45, 2.75) is 56.3 Å². The number of hydrogen-bond acceptors (Lipinski definition) is 6. The van der Waals surface area contributed by atoms with Crippen LogP contribution in [0.15, 0.2) is 42.7 Å². The smallest absolute Gasteiger partial charge is 0.274 e. The fraction of sp³-hybridized carbons (Fsp3) is 0.433. The lowest BCUT2D eigenvalue weighted by molar-refractivity contribution is -0.0117. The molecule has 11 heteroatoms. The van der Waals surface area contributed by atoms with Gasteiger partial charge in [0.25, 0.3) is 5.91 Å². The van der Waals surface area contributed by atoms with Gasteiger partial charge in [0.15, 0.2) is 0 Å². The minimum Gasteiger partial charge on any atom is -0.381 e. The molecule has 4 atom stereocenters. The van der Waals surface area contributed by atoms with Crippen LogP contribution in [0, 0.1) is 23.4 Å². The fourth-order valence-corrected chi connectivity index (χ4v) is 6.06. The molecule has 3 N–H and O–H groups in total. The molecule has 0 radical (unpaired) electrons. The molecule has 7 nitrogen and oxygen atoms in total. The first-order valence-electron chi connectivity index (χ1n) is 13.6. The fourth-order valence-electron chi connectivity index (χ4n) is 6.06. The van der Waals surface area contributed by atoms with E-state index in [2.05, 4.69) is 22.2 Å². The molecule has 5 rings (SSSR count). The number of benzene rings is 1. The second-order valence-electron chi connectivity index (χ2n) is 10.8. The summed E-state index contributed by atoms with van der Waals surface area (Å²) in [6.45, 7) is 2.30. The predicted octanol–water partition coefficient (Wildman–Crippen LogP) is 5.64. The Kier molecular flexibility index (Phi) is 8.40. The Balaban J connectivity index is 1.41. The van der Waals surface area contributed by atoms with Crippen LogP contribution in [0.2, 0.25) is 0 Å². The molecular weight excluding hydrogens is 540 g/mol. The van der Waals surface area contributed by atoms with E-state index < -0.39 is 40.3 Å². The Morgan fingerprint density at radius 2 is 1.80 bits per heavy atom. The Morgan fingerprint density at radius 3 is 2.46 bits per heavy atom. The van der Waals surface area contributed by atoms with Gasteiger partial charge in [-0.3, -0.25) is 9.78 Å². The Hall–Kier alpha value is -3.41. The number of halogens is 4. The lowest BCUT2D eigenvalue weighted by Gasteiger charge is -2.38. The number of rotatable bonds is 6. The summed E-state index contributed by atoms with van der Waals surface area (Å²) >= 11 is 0. The third-order valence-electron chi connectivity index (χ3n) is 8.17. The van der Waals surface area contributed by atoms with E-state index in [0.717, 1.165) is 36.2 Å². The van der Waals surface area contributed by atoms with Crippen LogP contribution in [0.4, 0.5) is 23.2 Å². The molecule has 218 valence electrons. The van der Waals surface area contributed by atoms with Gasteiger partial charge in [-0.1, -0.05) is 6.92 Å². The molecule has 2 fully saturated rings.